The third kappa shape index (κ3) is 3.65. The molecule has 0 heterocycles. The van der Waals surface area contributed by atoms with E-state index in [2.05, 4.69) is 63.7 Å². The number of hydrogen-bond donors (Lipinski definition) is 0. The van der Waals surface area contributed by atoms with E-state index in [1.807, 2.05) is 0 Å². The molecule has 0 fully saturated rings. The van der Waals surface area contributed by atoms with Gasteiger partial charge in [0.15, 0.2) is 5.78 Å². The first-order chi connectivity index (χ1) is 10.4. The summed E-state index contributed by atoms with van der Waals surface area (Å²) in [4.78, 5) is 12.9. The Morgan fingerprint density at radius 2 is 1.18 bits per heavy atom. The molecule has 0 N–H and O–H groups in total. The summed E-state index contributed by atoms with van der Waals surface area (Å²) in [5.74, 6) is -0.104. The summed E-state index contributed by atoms with van der Waals surface area (Å²) in [6.07, 6.45) is 0. The number of carbonyl (C=O) groups excluding carboxylic acids is 1. The van der Waals surface area contributed by atoms with Gasteiger partial charge in [-0.05, 0) is 67.3 Å². The molecular weight excluding hydrogens is 587 g/mol. The van der Waals surface area contributed by atoms with Crippen LogP contribution in [0.15, 0.2) is 33.2 Å². The minimum atomic E-state index is -0.104. The van der Waals surface area contributed by atoms with Crippen LogP contribution in [-0.4, -0.2) is 5.78 Å². The van der Waals surface area contributed by atoms with Crippen LogP contribution in [0.25, 0.3) is 0 Å². The van der Waals surface area contributed by atoms with Gasteiger partial charge in [0.05, 0.1) is 10.0 Å². The number of hydrogen-bond acceptors (Lipinski definition) is 1. The van der Waals surface area contributed by atoms with Crippen molar-refractivity contribution in [2.75, 3.05) is 0 Å². The predicted molar refractivity (Wildman–Crippen MR) is 107 cm³/mol. The van der Waals surface area contributed by atoms with Gasteiger partial charge in [0.2, 0.25) is 0 Å². The molecule has 0 aliphatic rings. The number of rotatable bonds is 4. The maximum absolute atomic E-state index is 12.9. The number of alkyl halides is 2. The van der Waals surface area contributed by atoms with Crippen molar-refractivity contribution in [1.29, 1.82) is 0 Å². The Bertz CT molecular complexity index is 685. The second kappa shape index (κ2) is 8.13. The fourth-order valence-corrected chi connectivity index (χ4v) is 4.71. The molecule has 0 saturated carbocycles. The van der Waals surface area contributed by atoms with Gasteiger partial charge in [-0.15, -0.1) is 0 Å². The Labute approximate surface area is 172 Å². The molecule has 0 unspecified atom stereocenters. The van der Waals surface area contributed by atoms with Crippen LogP contribution in [0, 0.1) is 0 Å². The van der Waals surface area contributed by atoms with Crippen molar-refractivity contribution >= 4 is 92.7 Å². The average molecular weight is 595 g/mol. The van der Waals surface area contributed by atoms with Crippen molar-refractivity contribution in [2.45, 2.75) is 10.7 Å². The lowest BCUT2D eigenvalue weighted by Gasteiger charge is -2.13. The third-order valence-electron chi connectivity index (χ3n) is 3.15. The molecule has 116 valence electrons. The maximum Gasteiger partial charge on any atom is 0.193 e. The average Bonchev–Trinajstić information content (AvgIpc) is 2.51. The first kappa shape index (κ1) is 18.9. The van der Waals surface area contributed by atoms with E-state index < -0.39 is 0 Å². The maximum atomic E-state index is 12.9. The molecule has 22 heavy (non-hydrogen) atoms. The van der Waals surface area contributed by atoms with E-state index in [1.165, 1.54) is 0 Å². The van der Waals surface area contributed by atoms with Gasteiger partial charge in [-0.1, -0.05) is 55.1 Å². The van der Waals surface area contributed by atoms with Gasteiger partial charge in [-0.25, -0.2) is 0 Å². The Kier molecular flexibility index (Phi) is 7.00. The van der Waals surface area contributed by atoms with Crippen molar-refractivity contribution in [3.05, 3.63) is 65.5 Å². The van der Waals surface area contributed by atoms with Gasteiger partial charge >= 0.3 is 0 Å². The van der Waals surface area contributed by atoms with Gasteiger partial charge in [-0.3, -0.25) is 4.79 Å². The van der Waals surface area contributed by atoms with Crippen LogP contribution in [0.5, 0.6) is 0 Å². The molecule has 2 rings (SSSR count). The lowest BCUT2D eigenvalue weighted by atomic mass is 9.96. The second-order valence-electron chi connectivity index (χ2n) is 4.37. The van der Waals surface area contributed by atoms with E-state index in [-0.39, 0.29) is 5.78 Å². The van der Waals surface area contributed by atoms with Gasteiger partial charge in [0, 0.05) is 30.7 Å². The Balaban J connectivity index is 2.64. The quantitative estimate of drug-likeness (QED) is 0.264. The monoisotopic (exact) mass is 590 g/mol. The van der Waals surface area contributed by atoms with Crippen LogP contribution in [0.2, 0.25) is 10.0 Å². The highest BCUT2D eigenvalue weighted by Crippen LogP contribution is 2.35. The van der Waals surface area contributed by atoms with Crippen LogP contribution in [-0.2, 0) is 10.7 Å². The molecule has 7 heteroatoms. The fourth-order valence-electron chi connectivity index (χ4n) is 2.02. The van der Waals surface area contributed by atoms with Crippen molar-refractivity contribution in [3.63, 3.8) is 0 Å². The van der Waals surface area contributed by atoms with Crippen LogP contribution < -0.4 is 0 Å². The fraction of sp³-hybridized carbons (Fsp3) is 0.133. The highest BCUT2D eigenvalue weighted by Gasteiger charge is 2.21. The summed E-state index contributed by atoms with van der Waals surface area (Å²) < 4.78 is 1.52. The zero-order valence-electron chi connectivity index (χ0n) is 10.9. The molecule has 0 aliphatic heterocycles. The van der Waals surface area contributed by atoms with Crippen LogP contribution in [0.4, 0.5) is 0 Å². The first-order valence-electron chi connectivity index (χ1n) is 6.02. The molecule has 0 amide bonds. The summed E-state index contributed by atoms with van der Waals surface area (Å²) in [7, 11) is 0. The molecule has 2 aromatic carbocycles. The minimum Gasteiger partial charge on any atom is -0.289 e. The Morgan fingerprint density at radius 1 is 0.818 bits per heavy atom. The standard InChI is InChI=1S/C15H8Br4Cl2O/c16-5-9-7(1-3-11(18)13(9)20)15(22)8-2-4-12(19)14(21)10(8)6-17/h1-4H,5-6H2. The van der Waals surface area contributed by atoms with E-state index >= 15 is 0 Å². The molecule has 0 bridgehead atoms. The molecule has 0 saturated heterocycles. The molecule has 1 nitrogen and oxygen atoms in total. The van der Waals surface area contributed by atoms with Gasteiger partial charge in [-0.2, -0.15) is 0 Å². The predicted octanol–water partition coefficient (Wildman–Crippen LogP) is 7.54. The summed E-state index contributed by atoms with van der Waals surface area (Å²) >= 11 is 26.1. The van der Waals surface area contributed by atoms with E-state index in [9.17, 15) is 4.79 Å². The van der Waals surface area contributed by atoms with E-state index in [1.54, 1.807) is 24.3 Å². The smallest absolute Gasteiger partial charge is 0.193 e. The van der Waals surface area contributed by atoms with Gasteiger partial charge < -0.3 is 0 Å². The largest absolute Gasteiger partial charge is 0.289 e. The molecule has 0 radical (unpaired) electrons. The van der Waals surface area contributed by atoms with Crippen molar-refractivity contribution < 1.29 is 4.79 Å². The number of carbonyl (C=O) groups is 1. The van der Waals surface area contributed by atoms with Crippen molar-refractivity contribution in [3.8, 4) is 0 Å². The normalized spacial score (nSPS) is 10.8. The molecule has 0 atom stereocenters. The molecule has 0 spiro atoms. The number of ketones is 1. The number of benzene rings is 2. The van der Waals surface area contributed by atoms with Crippen LogP contribution in [0.3, 0.4) is 0 Å². The zero-order chi connectivity index (χ0) is 16.4. The summed E-state index contributed by atoms with van der Waals surface area (Å²) in [6.45, 7) is 0. The summed E-state index contributed by atoms with van der Waals surface area (Å²) in [5.41, 5.74) is 2.62. The molecule has 0 aliphatic carbocycles. The van der Waals surface area contributed by atoms with E-state index in [0.29, 0.717) is 31.8 Å². The van der Waals surface area contributed by atoms with Crippen LogP contribution >= 0.6 is 86.9 Å². The van der Waals surface area contributed by atoms with Gasteiger partial charge in [0.1, 0.15) is 0 Å². The zero-order valence-corrected chi connectivity index (χ0v) is 18.8. The Hall–Kier alpha value is 0.610. The summed E-state index contributed by atoms with van der Waals surface area (Å²) in [6, 6.07) is 7.08. The highest BCUT2D eigenvalue weighted by atomic mass is 79.9. The topological polar surface area (TPSA) is 17.1 Å². The van der Waals surface area contributed by atoms with Crippen molar-refractivity contribution in [1.82, 2.24) is 0 Å². The third-order valence-corrected chi connectivity index (χ3v) is 6.91. The van der Waals surface area contributed by atoms with Gasteiger partial charge in [0.25, 0.3) is 0 Å². The minimum absolute atomic E-state index is 0.104. The summed E-state index contributed by atoms with van der Waals surface area (Å²) in [5, 5.41) is 2.04. The lowest BCUT2D eigenvalue weighted by molar-refractivity contribution is 0.103. The highest BCUT2D eigenvalue weighted by molar-refractivity contribution is 9.11. The SMILES string of the molecule is O=C(c1ccc(Br)c(Cl)c1CBr)c1ccc(Br)c(Cl)c1CBr. The molecule has 0 aromatic heterocycles. The van der Waals surface area contributed by atoms with E-state index in [4.69, 9.17) is 23.2 Å². The lowest BCUT2D eigenvalue weighted by Crippen LogP contribution is -2.08. The first-order valence-corrected chi connectivity index (χ1v) is 10.6. The second-order valence-corrected chi connectivity index (χ2v) is 7.96. The number of halogens is 6. The molecule has 2 aromatic rings. The van der Waals surface area contributed by atoms with Crippen LogP contribution in [0.1, 0.15) is 27.0 Å². The molecular formula is C15H8Br4Cl2O. The van der Waals surface area contributed by atoms with E-state index in [0.717, 1.165) is 20.1 Å². The Morgan fingerprint density at radius 3 is 1.50 bits per heavy atom. The van der Waals surface area contributed by atoms with Crippen molar-refractivity contribution in [2.24, 2.45) is 0 Å².